The molecule has 0 aliphatic carbocycles. The Bertz CT molecular complexity index is 853. The molecule has 1 heterocycles. The first kappa shape index (κ1) is 21.7. The highest BCUT2D eigenvalue weighted by molar-refractivity contribution is 14.0. The first-order valence-corrected chi connectivity index (χ1v) is 10.6. The highest BCUT2D eigenvalue weighted by Gasteiger charge is 2.31. The van der Waals surface area contributed by atoms with Crippen LogP contribution in [0.3, 0.4) is 0 Å². The SMILES string of the molecule is Cc1ccc(CN=C(NCC2CCCS2(=O)=O)Nc2ccccc2)cc1.I. The average molecular weight is 499 g/mol. The van der Waals surface area contributed by atoms with Crippen LogP contribution in [0.15, 0.2) is 59.6 Å². The van der Waals surface area contributed by atoms with E-state index in [1.54, 1.807) is 0 Å². The minimum absolute atomic E-state index is 0. The topological polar surface area (TPSA) is 70.6 Å². The lowest BCUT2D eigenvalue weighted by molar-refractivity contribution is 0.586. The highest BCUT2D eigenvalue weighted by Crippen LogP contribution is 2.19. The molecule has 3 rings (SSSR count). The molecule has 0 spiro atoms. The minimum Gasteiger partial charge on any atom is -0.355 e. The fourth-order valence-electron chi connectivity index (χ4n) is 2.96. The number of rotatable bonds is 5. The van der Waals surface area contributed by atoms with Crippen molar-refractivity contribution in [2.24, 2.45) is 4.99 Å². The Hall–Kier alpha value is -1.61. The molecule has 1 aliphatic rings. The van der Waals surface area contributed by atoms with Crippen LogP contribution in [0, 0.1) is 6.92 Å². The quantitative estimate of drug-likeness (QED) is 0.374. The normalized spacial score (nSPS) is 18.6. The van der Waals surface area contributed by atoms with Gasteiger partial charge in [-0.15, -0.1) is 24.0 Å². The molecule has 1 saturated heterocycles. The second-order valence-corrected chi connectivity index (χ2v) is 9.05. The maximum atomic E-state index is 12.0. The van der Waals surface area contributed by atoms with Crippen LogP contribution >= 0.6 is 24.0 Å². The van der Waals surface area contributed by atoms with E-state index < -0.39 is 9.84 Å². The Morgan fingerprint density at radius 2 is 1.81 bits per heavy atom. The summed E-state index contributed by atoms with van der Waals surface area (Å²) in [6, 6.07) is 18.0. The molecule has 0 saturated carbocycles. The lowest BCUT2D eigenvalue weighted by atomic mass is 10.1. The van der Waals surface area contributed by atoms with Crippen molar-refractivity contribution in [2.45, 2.75) is 31.6 Å². The summed E-state index contributed by atoms with van der Waals surface area (Å²) in [5.41, 5.74) is 3.24. The molecule has 2 aromatic carbocycles. The molecule has 0 bridgehead atoms. The first-order chi connectivity index (χ1) is 12.5. The van der Waals surface area contributed by atoms with E-state index >= 15 is 0 Å². The van der Waals surface area contributed by atoms with Gasteiger partial charge in [0.15, 0.2) is 15.8 Å². The molecular formula is C20H26IN3O2S. The second kappa shape index (κ2) is 10.1. The number of nitrogens with zero attached hydrogens (tertiary/aromatic N) is 1. The Morgan fingerprint density at radius 1 is 1.11 bits per heavy atom. The summed E-state index contributed by atoms with van der Waals surface area (Å²) in [5.74, 6) is 0.889. The summed E-state index contributed by atoms with van der Waals surface area (Å²) in [5, 5.41) is 6.13. The number of benzene rings is 2. The van der Waals surface area contributed by atoms with Crippen molar-refractivity contribution >= 4 is 45.5 Å². The second-order valence-electron chi connectivity index (χ2n) is 6.65. The standard InChI is InChI=1S/C20H25N3O2S.HI/c1-16-9-11-17(12-10-16)14-21-20(23-18-6-3-2-4-7-18)22-15-19-8-5-13-26(19,24)25;/h2-4,6-7,9-12,19H,5,8,13-15H2,1H3,(H2,21,22,23);1H. The van der Waals surface area contributed by atoms with Crippen molar-refractivity contribution in [2.75, 3.05) is 17.6 Å². The van der Waals surface area contributed by atoms with Gasteiger partial charge in [-0.05, 0) is 37.5 Å². The van der Waals surface area contributed by atoms with Gasteiger partial charge in [0.1, 0.15) is 0 Å². The van der Waals surface area contributed by atoms with Gasteiger partial charge in [-0.1, -0.05) is 48.0 Å². The fourth-order valence-corrected chi connectivity index (χ4v) is 4.73. The van der Waals surface area contributed by atoms with E-state index in [4.69, 9.17) is 0 Å². The summed E-state index contributed by atoms with van der Waals surface area (Å²) in [6.45, 7) is 2.97. The van der Waals surface area contributed by atoms with Crippen molar-refractivity contribution in [1.82, 2.24) is 5.32 Å². The van der Waals surface area contributed by atoms with E-state index in [9.17, 15) is 8.42 Å². The van der Waals surface area contributed by atoms with E-state index in [0.717, 1.165) is 17.7 Å². The van der Waals surface area contributed by atoms with Crippen LogP contribution in [0.4, 0.5) is 5.69 Å². The molecule has 5 nitrogen and oxygen atoms in total. The Balaban J connectivity index is 0.00000261. The number of hydrogen-bond acceptors (Lipinski definition) is 3. The lowest BCUT2D eigenvalue weighted by Gasteiger charge is -2.15. The monoisotopic (exact) mass is 499 g/mol. The van der Waals surface area contributed by atoms with Crippen LogP contribution < -0.4 is 10.6 Å². The van der Waals surface area contributed by atoms with Gasteiger partial charge in [0.25, 0.3) is 0 Å². The summed E-state index contributed by atoms with van der Waals surface area (Å²) in [7, 11) is -2.97. The van der Waals surface area contributed by atoms with Crippen molar-refractivity contribution in [3.05, 3.63) is 65.7 Å². The largest absolute Gasteiger partial charge is 0.355 e. The zero-order valence-electron chi connectivity index (χ0n) is 15.4. The van der Waals surface area contributed by atoms with E-state index in [1.165, 1.54) is 5.56 Å². The molecule has 27 heavy (non-hydrogen) atoms. The highest BCUT2D eigenvalue weighted by atomic mass is 127. The van der Waals surface area contributed by atoms with Crippen molar-refractivity contribution in [3.63, 3.8) is 0 Å². The molecular weight excluding hydrogens is 473 g/mol. The number of halogens is 1. The smallest absolute Gasteiger partial charge is 0.196 e. The van der Waals surface area contributed by atoms with Gasteiger partial charge < -0.3 is 10.6 Å². The van der Waals surface area contributed by atoms with Crippen LogP contribution in [-0.2, 0) is 16.4 Å². The van der Waals surface area contributed by atoms with Gasteiger partial charge in [0.05, 0.1) is 17.5 Å². The third-order valence-electron chi connectivity index (χ3n) is 4.54. The van der Waals surface area contributed by atoms with Gasteiger partial charge in [0, 0.05) is 12.2 Å². The molecule has 1 fully saturated rings. The molecule has 2 N–H and O–H groups in total. The minimum atomic E-state index is -2.97. The van der Waals surface area contributed by atoms with E-state index in [-0.39, 0.29) is 29.2 Å². The van der Waals surface area contributed by atoms with Gasteiger partial charge in [-0.25, -0.2) is 13.4 Å². The fraction of sp³-hybridized carbons (Fsp3) is 0.350. The van der Waals surface area contributed by atoms with Gasteiger partial charge >= 0.3 is 0 Å². The molecule has 7 heteroatoms. The van der Waals surface area contributed by atoms with Gasteiger partial charge in [0.2, 0.25) is 0 Å². The van der Waals surface area contributed by atoms with Crippen molar-refractivity contribution in [3.8, 4) is 0 Å². The number of anilines is 1. The van der Waals surface area contributed by atoms with Crippen LogP contribution in [0.2, 0.25) is 0 Å². The summed E-state index contributed by atoms with van der Waals surface area (Å²) >= 11 is 0. The van der Waals surface area contributed by atoms with Crippen LogP contribution in [0.5, 0.6) is 0 Å². The van der Waals surface area contributed by atoms with Gasteiger partial charge in [-0.3, -0.25) is 0 Å². The summed E-state index contributed by atoms with van der Waals surface area (Å²) in [4.78, 5) is 4.63. The first-order valence-electron chi connectivity index (χ1n) is 8.90. The number of sulfone groups is 1. The summed E-state index contributed by atoms with van der Waals surface area (Å²) < 4.78 is 24.1. The number of aryl methyl sites for hydroxylation is 1. The molecule has 1 unspecified atom stereocenters. The molecule has 1 aliphatic heterocycles. The Morgan fingerprint density at radius 3 is 2.44 bits per heavy atom. The lowest BCUT2D eigenvalue weighted by Crippen LogP contribution is -2.38. The third-order valence-corrected chi connectivity index (χ3v) is 6.81. The zero-order valence-corrected chi connectivity index (χ0v) is 18.5. The van der Waals surface area contributed by atoms with E-state index in [2.05, 4.69) is 46.8 Å². The molecule has 0 aromatic heterocycles. The maximum absolute atomic E-state index is 12.0. The predicted molar refractivity (Wildman–Crippen MR) is 123 cm³/mol. The van der Waals surface area contributed by atoms with E-state index in [0.29, 0.717) is 31.2 Å². The van der Waals surface area contributed by atoms with Crippen LogP contribution in [-0.4, -0.2) is 31.9 Å². The van der Waals surface area contributed by atoms with Crippen LogP contribution in [0.25, 0.3) is 0 Å². The maximum Gasteiger partial charge on any atom is 0.196 e. The molecule has 0 radical (unpaired) electrons. The van der Waals surface area contributed by atoms with Gasteiger partial charge in [-0.2, -0.15) is 0 Å². The third kappa shape index (κ3) is 6.49. The van der Waals surface area contributed by atoms with Crippen LogP contribution in [0.1, 0.15) is 24.0 Å². The number of para-hydroxylation sites is 1. The Kier molecular flexibility index (Phi) is 8.09. The molecule has 1 atom stereocenters. The number of hydrogen-bond donors (Lipinski definition) is 2. The Labute approximate surface area is 178 Å². The van der Waals surface area contributed by atoms with Crippen molar-refractivity contribution < 1.29 is 8.42 Å². The molecule has 0 amide bonds. The number of guanidine groups is 1. The summed E-state index contributed by atoms with van der Waals surface area (Å²) in [6.07, 6.45) is 1.46. The number of aliphatic imine (C=N–C) groups is 1. The van der Waals surface area contributed by atoms with Crippen molar-refractivity contribution in [1.29, 1.82) is 0 Å². The average Bonchev–Trinajstić information content (AvgIpc) is 2.98. The van der Waals surface area contributed by atoms with E-state index in [1.807, 2.05) is 30.3 Å². The number of nitrogens with one attached hydrogen (secondary N) is 2. The molecule has 2 aromatic rings. The zero-order chi connectivity index (χ0) is 18.4. The molecule has 146 valence electrons. The predicted octanol–water partition coefficient (Wildman–Crippen LogP) is 3.75.